The van der Waals surface area contributed by atoms with Crippen molar-refractivity contribution in [3.05, 3.63) is 64.8 Å². The van der Waals surface area contributed by atoms with Gasteiger partial charge in [-0.1, -0.05) is 30.7 Å². The maximum absolute atomic E-state index is 12.9. The molecule has 0 aliphatic carbocycles. The van der Waals surface area contributed by atoms with Crippen molar-refractivity contribution < 1.29 is 14.3 Å². The SMILES string of the molecule is COc1cccc(CNC(=O)[C@@H](C)C2CCN(C(=O)c3cc4cc(Cl)ccc4[nH]3)CC2)c1. The van der Waals surface area contributed by atoms with Crippen LogP contribution < -0.4 is 10.1 Å². The molecule has 4 rings (SSSR count). The lowest BCUT2D eigenvalue weighted by molar-refractivity contribution is -0.126. The van der Waals surface area contributed by atoms with Gasteiger partial charge in [0.15, 0.2) is 0 Å². The molecule has 0 saturated carbocycles. The molecule has 6 nitrogen and oxygen atoms in total. The first-order valence-corrected chi connectivity index (χ1v) is 11.3. The molecule has 0 bridgehead atoms. The largest absolute Gasteiger partial charge is 0.497 e. The van der Waals surface area contributed by atoms with Crippen LogP contribution in [-0.4, -0.2) is 41.9 Å². The summed E-state index contributed by atoms with van der Waals surface area (Å²) in [5.41, 5.74) is 2.48. The van der Waals surface area contributed by atoms with Gasteiger partial charge in [0.2, 0.25) is 5.91 Å². The van der Waals surface area contributed by atoms with Gasteiger partial charge in [0.25, 0.3) is 5.91 Å². The maximum atomic E-state index is 12.9. The molecular weight excluding hydrogens is 426 g/mol. The second kappa shape index (κ2) is 9.65. The summed E-state index contributed by atoms with van der Waals surface area (Å²) in [7, 11) is 1.63. The molecule has 1 aliphatic rings. The summed E-state index contributed by atoms with van der Waals surface area (Å²) in [5.74, 6) is 0.967. The van der Waals surface area contributed by atoms with Crippen molar-refractivity contribution in [3.63, 3.8) is 0 Å². The molecule has 1 aliphatic heterocycles. The van der Waals surface area contributed by atoms with Crippen LogP contribution in [0, 0.1) is 11.8 Å². The van der Waals surface area contributed by atoms with Gasteiger partial charge in [0, 0.05) is 41.5 Å². The number of aromatic amines is 1. The number of carbonyl (C=O) groups is 2. The van der Waals surface area contributed by atoms with E-state index >= 15 is 0 Å². The first-order chi connectivity index (χ1) is 15.4. The minimum absolute atomic E-state index is 0.00842. The van der Waals surface area contributed by atoms with Crippen molar-refractivity contribution in [2.45, 2.75) is 26.3 Å². The molecule has 0 radical (unpaired) electrons. The van der Waals surface area contributed by atoms with Gasteiger partial charge in [-0.15, -0.1) is 0 Å². The fourth-order valence-corrected chi connectivity index (χ4v) is 4.52. The van der Waals surface area contributed by atoms with E-state index < -0.39 is 0 Å². The van der Waals surface area contributed by atoms with E-state index in [9.17, 15) is 9.59 Å². The summed E-state index contributed by atoms with van der Waals surface area (Å²) in [6.07, 6.45) is 1.62. The Morgan fingerprint density at radius 1 is 1.19 bits per heavy atom. The van der Waals surface area contributed by atoms with Crippen molar-refractivity contribution in [2.24, 2.45) is 11.8 Å². The Labute approximate surface area is 192 Å². The second-order valence-electron chi connectivity index (χ2n) is 8.40. The van der Waals surface area contributed by atoms with Crippen LogP contribution in [0.5, 0.6) is 5.75 Å². The van der Waals surface area contributed by atoms with Crippen LogP contribution in [0.3, 0.4) is 0 Å². The lowest BCUT2D eigenvalue weighted by atomic mass is 9.84. The number of piperidine rings is 1. The van der Waals surface area contributed by atoms with Crippen LogP contribution in [0.15, 0.2) is 48.5 Å². The molecule has 1 saturated heterocycles. The van der Waals surface area contributed by atoms with Crippen molar-refractivity contribution in [3.8, 4) is 5.75 Å². The third-order valence-corrected chi connectivity index (χ3v) is 6.60. The van der Waals surface area contributed by atoms with E-state index in [0.29, 0.717) is 30.4 Å². The first-order valence-electron chi connectivity index (χ1n) is 10.9. The molecule has 2 heterocycles. The maximum Gasteiger partial charge on any atom is 0.270 e. The molecule has 3 aromatic rings. The molecule has 0 unspecified atom stereocenters. The van der Waals surface area contributed by atoms with Gasteiger partial charge >= 0.3 is 0 Å². The normalized spacial score (nSPS) is 15.5. The van der Waals surface area contributed by atoms with Crippen LogP contribution in [0.25, 0.3) is 10.9 Å². The molecule has 0 spiro atoms. The van der Waals surface area contributed by atoms with Crippen molar-refractivity contribution in [2.75, 3.05) is 20.2 Å². The predicted octanol–water partition coefficient (Wildman–Crippen LogP) is 4.63. The third-order valence-electron chi connectivity index (χ3n) is 6.36. The summed E-state index contributed by atoms with van der Waals surface area (Å²) in [5, 5.41) is 4.61. The fourth-order valence-electron chi connectivity index (χ4n) is 4.34. The highest BCUT2D eigenvalue weighted by Crippen LogP contribution is 2.27. The number of aromatic nitrogens is 1. The minimum atomic E-state index is -0.104. The van der Waals surface area contributed by atoms with Crippen molar-refractivity contribution in [1.82, 2.24) is 15.2 Å². The number of H-pyrrole nitrogens is 1. The van der Waals surface area contributed by atoms with Crippen LogP contribution in [0.1, 0.15) is 35.8 Å². The fraction of sp³-hybridized carbons (Fsp3) is 0.360. The quantitative estimate of drug-likeness (QED) is 0.571. The van der Waals surface area contributed by atoms with Gasteiger partial charge in [-0.05, 0) is 60.7 Å². The molecule has 32 heavy (non-hydrogen) atoms. The summed E-state index contributed by atoms with van der Waals surface area (Å²) < 4.78 is 5.23. The number of hydrogen-bond donors (Lipinski definition) is 2. The summed E-state index contributed by atoms with van der Waals surface area (Å²) in [6.45, 7) is 3.74. The predicted molar refractivity (Wildman–Crippen MR) is 126 cm³/mol. The monoisotopic (exact) mass is 453 g/mol. The summed E-state index contributed by atoms with van der Waals surface area (Å²) in [6, 6.07) is 15.1. The Morgan fingerprint density at radius 3 is 2.72 bits per heavy atom. The number of hydrogen-bond acceptors (Lipinski definition) is 3. The lowest BCUT2D eigenvalue weighted by Gasteiger charge is -2.34. The highest BCUT2D eigenvalue weighted by atomic mass is 35.5. The van der Waals surface area contributed by atoms with Crippen LogP contribution in [0.2, 0.25) is 5.02 Å². The summed E-state index contributed by atoms with van der Waals surface area (Å²) >= 11 is 6.05. The van der Waals surface area contributed by atoms with Crippen LogP contribution >= 0.6 is 11.6 Å². The number of likely N-dealkylation sites (tertiary alicyclic amines) is 1. The number of nitrogens with one attached hydrogen (secondary N) is 2. The average Bonchev–Trinajstić information content (AvgIpc) is 3.25. The van der Waals surface area contributed by atoms with Gasteiger partial charge in [0.05, 0.1) is 7.11 Å². The standard InChI is InChI=1S/C25H28ClN3O3/c1-16(24(30)27-15-17-4-3-5-21(12-17)32-2)18-8-10-29(11-9-18)25(31)23-14-19-13-20(26)6-7-22(19)28-23/h3-7,12-14,16,18,28H,8-11,15H2,1-2H3,(H,27,30)/t16-/m0/s1. The Balaban J connectivity index is 1.30. The zero-order chi connectivity index (χ0) is 22.7. The molecular formula is C25H28ClN3O3. The number of methoxy groups -OCH3 is 1. The van der Waals surface area contributed by atoms with Gasteiger partial charge < -0.3 is 19.9 Å². The van der Waals surface area contributed by atoms with E-state index in [1.807, 2.05) is 54.3 Å². The van der Waals surface area contributed by atoms with Crippen molar-refractivity contribution in [1.29, 1.82) is 0 Å². The molecule has 168 valence electrons. The Hall–Kier alpha value is -2.99. The first kappa shape index (κ1) is 22.2. The smallest absolute Gasteiger partial charge is 0.270 e. The molecule has 2 amide bonds. The van der Waals surface area contributed by atoms with E-state index in [1.165, 1.54) is 0 Å². The van der Waals surface area contributed by atoms with Gasteiger partial charge in [-0.2, -0.15) is 0 Å². The topological polar surface area (TPSA) is 74.4 Å². The van der Waals surface area contributed by atoms with Gasteiger partial charge in [0.1, 0.15) is 11.4 Å². The number of carbonyl (C=O) groups excluding carboxylic acids is 2. The van der Waals surface area contributed by atoms with Gasteiger partial charge in [-0.3, -0.25) is 9.59 Å². The number of rotatable bonds is 6. The lowest BCUT2D eigenvalue weighted by Crippen LogP contribution is -2.42. The molecule has 2 aromatic carbocycles. The van der Waals surface area contributed by atoms with Crippen LogP contribution in [0.4, 0.5) is 0 Å². The number of benzene rings is 2. The molecule has 7 heteroatoms. The highest BCUT2D eigenvalue weighted by Gasteiger charge is 2.30. The van der Waals surface area contributed by atoms with E-state index in [1.54, 1.807) is 13.2 Å². The highest BCUT2D eigenvalue weighted by molar-refractivity contribution is 6.31. The molecule has 2 N–H and O–H groups in total. The number of ether oxygens (including phenoxy) is 1. The second-order valence-corrected chi connectivity index (χ2v) is 8.84. The van der Waals surface area contributed by atoms with E-state index in [-0.39, 0.29) is 23.7 Å². The Kier molecular flexibility index (Phi) is 6.70. The van der Waals surface area contributed by atoms with Crippen molar-refractivity contribution >= 4 is 34.3 Å². The average molecular weight is 454 g/mol. The number of nitrogens with zero attached hydrogens (tertiary/aromatic N) is 1. The minimum Gasteiger partial charge on any atom is -0.497 e. The van der Waals surface area contributed by atoms with E-state index in [4.69, 9.17) is 16.3 Å². The van der Waals surface area contributed by atoms with E-state index in [0.717, 1.165) is 35.1 Å². The zero-order valence-corrected chi connectivity index (χ0v) is 19.1. The van der Waals surface area contributed by atoms with Gasteiger partial charge in [-0.25, -0.2) is 0 Å². The third kappa shape index (κ3) is 4.91. The number of fused-ring (bicyclic) bond motifs is 1. The summed E-state index contributed by atoms with van der Waals surface area (Å²) in [4.78, 5) is 30.7. The van der Waals surface area contributed by atoms with E-state index in [2.05, 4.69) is 10.3 Å². The van der Waals surface area contributed by atoms with Crippen LogP contribution in [-0.2, 0) is 11.3 Å². The number of halogens is 1. The Bertz CT molecular complexity index is 1120. The zero-order valence-electron chi connectivity index (χ0n) is 18.4. The Morgan fingerprint density at radius 2 is 1.97 bits per heavy atom. The number of amides is 2. The molecule has 1 aromatic heterocycles. The molecule has 1 fully saturated rings. The molecule has 1 atom stereocenters.